The van der Waals surface area contributed by atoms with E-state index in [1.54, 1.807) is 26.1 Å². The Morgan fingerprint density at radius 2 is 2.05 bits per heavy atom. The van der Waals surface area contributed by atoms with E-state index in [0.717, 1.165) is 31.0 Å². The van der Waals surface area contributed by atoms with E-state index in [1.165, 1.54) is 0 Å². The first-order valence-corrected chi connectivity index (χ1v) is 7.32. The summed E-state index contributed by atoms with van der Waals surface area (Å²) in [5.41, 5.74) is 1.58. The molecule has 0 spiro atoms. The van der Waals surface area contributed by atoms with Gasteiger partial charge in [-0.25, -0.2) is 4.39 Å². The summed E-state index contributed by atoms with van der Waals surface area (Å²) < 4.78 is 13.6. The molecule has 4 nitrogen and oxygen atoms in total. The fraction of sp³-hybridized carbons (Fsp3) is 0.562. The Bertz CT molecular complexity index is 477. The zero-order valence-electron chi connectivity index (χ0n) is 14.1. The van der Waals surface area contributed by atoms with Crippen LogP contribution in [0.15, 0.2) is 23.2 Å². The number of hydrogen-bond acceptors (Lipinski definition) is 2. The molecule has 0 bridgehead atoms. The number of nitrogens with zero attached hydrogens (tertiary/aromatic N) is 2. The van der Waals surface area contributed by atoms with Crippen LogP contribution in [0.3, 0.4) is 0 Å². The van der Waals surface area contributed by atoms with Crippen LogP contribution < -0.4 is 10.6 Å². The smallest absolute Gasteiger partial charge is 0.191 e. The molecular weight excluding hydrogens is 394 g/mol. The van der Waals surface area contributed by atoms with Crippen LogP contribution in [0.4, 0.5) is 4.39 Å². The third-order valence-electron chi connectivity index (χ3n) is 3.35. The van der Waals surface area contributed by atoms with Crippen molar-refractivity contribution in [3.05, 3.63) is 35.1 Å². The number of aryl methyl sites for hydroxylation is 1. The van der Waals surface area contributed by atoms with E-state index in [1.807, 2.05) is 13.0 Å². The van der Waals surface area contributed by atoms with Crippen LogP contribution in [0.25, 0.3) is 0 Å². The van der Waals surface area contributed by atoms with Crippen LogP contribution >= 0.6 is 24.0 Å². The van der Waals surface area contributed by atoms with E-state index >= 15 is 0 Å². The Morgan fingerprint density at radius 3 is 2.59 bits per heavy atom. The molecule has 0 aliphatic carbocycles. The average Bonchev–Trinajstić information content (AvgIpc) is 2.44. The van der Waals surface area contributed by atoms with Crippen molar-refractivity contribution in [2.45, 2.75) is 26.3 Å². The number of nitrogens with one attached hydrogen (secondary N) is 2. The fourth-order valence-electron chi connectivity index (χ4n) is 1.96. The van der Waals surface area contributed by atoms with Crippen molar-refractivity contribution in [3.63, 3.8) is 0 Å². The predicted molar refractivity (Wildman–Crippen MR) is 103 cm³/mol. The Morgan fingerprint density at radius 1 is 1.36 bits per heavy atom. The minimum Gasteiger partial charge on any atom is -0.356 e. The van der Waals surface area contributed by atoms with Gasteiger partial charge in [0, 0.05) is 13.6 Å². The predicted octanol–water partition coefficient (Wildman–Crippen LogP) is 2.93. The lowest BCUT2D eigenvalue weighted by molar-refractivity contribution is 0.399. The van der Waals surface area contributed by atoms with Crippen LogP contribution in [0, 0.1) is 12.7 Å². The Labute approximate surface area is 150 Å². The van der Waals surface area contributed by atoms with Crippen LogP contribution in [0.2, 0.25) is 0 Å². The third kappa shape index (κ3) is 7.40. The number of benzene rings is 1. The molecule has 0 saturated carbocycles. The molecule has 0 heterocycles. The average molecular weight is 422 g/mol. The molecule has 126 valence electrons. The number of aliphatic imine (C=N–C) groups is 1. The first kappa shape index (κ1) is 21.1. The molecule has 1 rings (SSSR count). The van der Waals surface area contributed by atoms with E-state index in [2.05, 4.69) is 34.6 Å². The maximum Gasteiger partial charge on any atom is 0.191 e. The fourth-order valence-corrected chi connectivity index (χ4v) is 1.96. The number of halogens is 2. The molecule has 22 heavy (non-hydrogen) atoms. The second-order valence-corrected chi connectivity index (χ2v) is 5.53. The molecule has 0 aliphatic rings. The number of rotatable bonds is 6. The van der Waals surface area contributed by atoms with Gasteiger partial charge in [-0.2, -0.15) is 0 Å². The van der Waals surface area contributed by atoms with Gasteiger partial charge in [0.2, 0.25) is 0 Å². The SMILES string of the molecule is CN=C(NCCCN(C)C)NC(C)c1ccc(C)c(F)c1.I. The van der Waals surface area contributed by atoms with Gasteiger partial charge in [0.25, 0.3) is 0 Å². The summed E-state index contributed by atoms with van der Waals surface area (Å²) in [5.74, 6) is 0.567. The highest BCUT2D eigenvalue weighted by atomic mass is 127. The molecule has 0 amide bonds. The molecule has 0 fully saturated rings. The van der Waals surface area contributed by atoms with Gasteiger partial charge >= 0.3 is 0 Å². The van der Waals surface area contributed by atoms with Crippen LogP contribution in [-0.2, 0) is 0 Å². The summed E-state index contributed by atoms with van der Waals surface area (Å²) in [7, 11) is 5.85. The van der Waals surface area contributed by atoms with Gasteiger partial charge in [-0.1, -0.05) is 12.1 Å². The largest absolute Gasteiger partial charge is 0.356 e. The topological polar surface area (TPSA) is 39.7 Å². The monoisotopic (exact) mass is 422 g/mol. The quantitative estimate of drug-likeness (QED) is 0.321. The molecule has 1 aromatic carbocycles. The highest BCUT2D eigenvalue weighted by Crippen LogP contribution is 2.16. The maximum atomic E-state index is 13.6. The van der Waals surface area contributed by atoms with Crippen molar-refractivity contribution >= 4 is 29.9 Å². The summed E-state index contributed by atoms with van der Waals surface area (Å²) >= 11 is 0. The van der Waals surface area contributed by atoms with Crippen molar-refractivity contribution in [2.24, 2.45) is 4.99 Å². The zero-order chi connectivity index (χ0) is 15.8. The second kappa shape index (κ2) is 10.8. The Hall–Kier alpha value is -0.890. The van der Waals surface area contributed by atoms with E-state index < -0.39 is 0 Å². The second-order valence-electron chi connectivity index (χ2n) is 5.53. The van der Waals surface area contributed by atoms with Gasteiger partial charge < -0.3 is 15.5 Å². The lowest BCUT2D eigenvalue weighted by Gasteiger charge is -2.19. The third-order valence-corrected chi connectivity index (χ3v) is 3.35. The van der Waals surface area contributed by atoms with Crippen molar-refractivity contribution in [3.8, 4) is 0 Å². The molecule has 1 aromatic rings. The Kier molecular flexibility index (Phi) is 10.3. The molecule has 0 aliphatic heterocycles. The lowest BCUT2D eigenvalue weighted by Crippen LogP contribution is -2.39. The van der Waals surface area contributed by atoms with E-state index in [4.69, 9.17) is 0 Å². The van der Waals surface area contributed by atoms with Crippen molar-refractivity contribution in [1.29, 1.82) is 0 Å². The van der Waals surface area contributed by atoms with Gasteiger partial charge in [-0.3, -0.25) is 4.99 Å². The minimum atomic E-state index is -0.171. The molecule has 1 atom stereocenters. The van der Waals surface area contributed by atoms with E-state index in [0.29, 0.717) is 5.56 Å². The normalized spacial score (nSPS) is 12.8. The van der Waals surface area contributed by atoms with E-state index in [-0.39, 0.29) is 35.8 Å². The molecule has 6 heteroatoms. The van der Waals surface area contributed by atoms with Crippen LogP contribution in [-0.4, -0.2) is 45.1 Å². The first-order chi connectivity index (χ1) is 9.93. The van der Waals surface area contributed by atoms with Gasteiger partial charge in [-0.15, -0.1) is 24.0 Å². The summed E-state index contributed by atoms with van der Waals surface area (Å²) in [6.45, 7) is 5.65. The van der Waals surface area contributed by atoms with Crippen molar-refractivity contribution < 1.29 is 4.39 Å². The summed E-state index contributed by atoms with van der Waals surface area (Å²) in [4.78, 5) is 6.35. The number of hydrogen-bond donors (Lipinski definition) is 2. The summed E-state index contributed by atoms with van der Waals surface area (Å²) in [5, 5.41) is 6.55. The van der Waals surface area contributed by atoms with Gasteiger partial charge in [0.15, 0.2) is 5.96 Å². The molecule has 0 radical (unpaired) electrons. The maximum absolute atomic E-state index is 13.6. The van der Waals surface area contributed by atoms with Crippen LogP contribution in [0.5, 0.6) is 0 Å². The minimum absolute atomic E-state index is 0. The first-order valence-electron chi connectivity index (χ1n) is 7.32. The summed E-state index contributed by atoms with van der Waals surface area (Å²) in [6, 6.07) is 5.32. The molecule has 2 N–H and O–H groups in total. The van der Waals surface area contributed by atoms with Gasteiger partial charge in [-0.05, 0) is 58.1 Å². The van der Waals surface area contributed by atoms with Crippen molar-refractivity contribution in [1.82, 2.24) is 15.5 Å². The van der Waals surface area contributed by atoms with Crippen LogP contribution in [0.1, 0.15) is 30.5 Å². The number of guanidine groups is 1. The molecule has 0 aromatic heterocycles. The molecule has 0 saturated heterocycles. The van der Waals surface area contributed by atoms with Crippen molar-refractivity contribution in [2.75, 3.05) is 34.2 Å². The highest BCUT2D eigenvalue weighted by Gasteiger charge is 2.09. The molecular formula is C16H28FIN4. The van der Waals surface area contributed by atoms with Gasteiger partial charge in [0.05, 0.1) is 6.04 Å². The molecule has 1 unspecified atom stereocenters. The lowest BCUT2D eigenvalue weighted by atomic mass is 10.1. The van der Waals surface area contributed by atoms with Gasteiger partial charge in [0.1, 0.15) is 5.82 Å². The summed E-state index contributed by atoms with van der Waals surface area (Å²) in [6.07, 6.45) is 1.04. The zero-order valence-corrected chi connectivity index (χ0v) is 16.4. The standard InChI is InChI=1S/C16H27FN4.HI/c1-12-7-8-14(11-15(12)17)13(2)20-16(18-3)19-9-6-10-21(4)5;/h7-8,11,13H,6,9-10H2,1-5H3,(H2,18,19,20);1H. The Balaban J connectivity index is 0.00000441. The van der Waals surface area contributed by atoms with E-state index in [9.17, 15) is 4.39 Å². The highest BCUT2D eigenvalue weighted by molar-refractivity contribution is 14.0.